The maximum atomic E-state index is 8.90. The number of likely N-dealkylation sites (N-methyl/N-ethyl adjacent to an activating group) is 1. The molecule has 0 saturated carbocycles. The van der Waals surface area contributed by atoms with Crippen LogP contribution in [0.1, 0.15) is 23.4 Å². The summed E-state index contributed by atoms with van der Waals surface area (Å²) in [6, 6.07) is 9.72. The summed E-state index contributed by atoms with van der Waals surface area (Å²) in [5, 5.41) is 15.2. The normalized spacial score (nSPS) is 12.1. The summed E-state index contributed by atoms with van der Waals surface area (Å²) in [4.78, 5) is 4.64. The van der Waals surface area contributed by atoms with E-state index in [0.29, 0.717) is 11.5 Å². The summed E-state index contributed by atoms with van der Waals surface area (Å²) < 4.78 is 0. The van der Waals surface area contributed by atoms with E-state index in [1.807, 2.05) is 25.2 Å². The van der Waals surface area contributed by atoms with E-state index in [1.165, 1.54) is 0 Å². The number of nitrogens with one attached hydrogen (secondary N) is 1. The number of hydrogen-bond acceptors (Lipinski definition) is 4. The van der Waals surface area contributed by atoms with Gasteiger partial charge in [0.1, 0.15) is 0 Å². The van der Waals surface area contributed by atoms with Crippen LogP contribution in [0, 0.1) is 11.3 Å². The smallest absolute Gasteiger partial charge is 0.0991 e. The minimum absolute atomic E-state index is 0.410. The minimum atomic E-state index is 0.410. The molecule has 1 unspecified atom stereocenters. The van der Waals surface area contributed by atoms with E-state index < -0.39 is 0 Å². The van der Waals surface area contributed by atoms with Crippen molar-refractivity contribution in [2.75, 3.05) is 13.6 Å². The van der Waals surface area contributed by atoms with Gasteiger partial charge in [-0.1, -0.05) is 19.1 Å². The Morgan fingerprint density at radius 2 is 2.33 bits per heavy atom. The van der Waals surface area contributed by atoms with Gasteiger partial charge in [0.15, 0.2) is 0 Å². The van der Waals surface area contributed by atoms with Gasteiger partial charge in [0.2, 0.25) is 0 Å². The Kier molecular flexibility index (Phi) is 4.08. The average molecular weight is 257 g/mol. The van der Waals surface area contributed by atoms with Crippen molar-refractivity contribution >= 4 is 11.3 Å². The molecule has 0 aliphatic heterocycles. The number of hydrogen-bond donors (Lipinski definition) is 1. The lowest BCUT2D eigenvalue weighted by molar-refractivity contribution is 0.674. The van der Waals surface area contributed by atoms with Gasteiger partial charge in [-0.3, -0.25) is 0 Å². The topological polar surface area (TPSA) is 48.7 Å². The van der Waals surface area contributed by atoms with Gasteiger partial charge in [0.25, 0.3) is 0 Å². The Balaban J connectivity index is 2.26. The maximum absolute atomic E-state index is 8.90. The summed E-state index contributed by atoms with van der Waals surface area (Å²) >= 11 is 1.67. The van der Waals surface area contributed by atoms with E-state index in [4.69, 9.17) is 5.26 Å². The minimum Gasteiger partial charge on any atom is -0.319 e. The van der Waals surface area contributed by atoms with Crippen LogP contribution in [0.2, 0.25) is 0 Å². The summed E-state index contributed by atoms with van der Waals surface area (Å²) in [6.07, 6.45) is 0. The molecule has 92 valence electrons. The van der Waals surface area contributed by atoms with E-state index in [9.17, 15) is 0 Å². The van der Waals surface area contributed by atoms with E-state index in [-0.39, 0.29) is 0 Å². The highest BCUT2D eigenvalue weighted by Gasteiger charge is 2.10. The molecule has 4 heteroatoms. The van der Waals surface area contributed by atoms with Crippen LogP contribution < -0.4 is 5.32 Å². The van der Waals surface area contributed by atoms with E-state index >= 15 is 0 Å². The fourth-order valence-electron chi connectivity index (χ4n) is 1.79. The van der Waals surface area contributed by atoms with E-state index in [0.717, 1.165) is 22.8 Å². The van der Waals surface area contributed by atoms with Crippen molar-refractivity contribution in [3.63, 3.8) is 0 Å². The van der Waals surface area contributed by atoms with Gasteiger partial charge < -0.3 is 5.32 Å². The van der Waals surface area contributed by atoms with Crippen LogP contribution in [0.15, 0.2) is 29.6 Å². The molecule has 0 saturated heterocycles. The van der Waals surface area contributed by atoms with Crippen molar-refractivity contribution in [2.24, 2.45) is 0 Å². The highest BCUT2D eigenvalue weighted by atomic mass is 32.1. The molecular formula is C14H15N3S. The maximum Gasteiger partial charge on any atom is 0.0991 e. The molecule has 0 radical (unpaired) electrons. The Morgan fingerprint density at radius 1 is 1.50 bits per heavy atom. The molecule has 0 amide bonds. The van der Waals surface area contributed by atoms with Crippen molar-refractivity contribution in [2.45, 2.75) is 12.8 Å². The van der Waals surface area contributed by atoms with Crippen LogP contribution in [-0.2, 0) is 0 Å². The number of benzene rings is 1. The third-order valence-corrected chi connectivity index (χ3v) is 3.82. The zero-order valence-electron chi connectivity index (χ0n) is 10.5. The van der Waals surface area contributed by atoms with E-state index in [2.05, 4.69) is 28.7 Å². The highest BCUT2D eigenvalue weighted by Crippen LogP contribution is 2.26. The van der Waals surface area contributed by atoms with Gasteiger partial charge in [-0.05, 0) is 19.2 Å². The van der Waals surface area contributed by atoms with Gasteiger partial charge in [-0.2, -0.15) is 5.26 Å². The fourth-order valence-corrected chi connectivity index (χ4v) is 2.68. The van der Waals surface area contributed by atoms with Gasteiger partial charge in [0.05, 0.1) is 22.3 Å². The Hall–Kier alpha value is -1.70. The molecule has 0 bridgehead atoms. The molecule has 2 rings (SSSR count). The SMILES string of the molecule is CNCC(C)c1nc(-c2cccc(C#N)c2)cs1. The molecule has 1 aromatic heterocycles. The third kappa shape index (κ3) is 2.76. The van der Waals surface area contributed by atoms with Gasteiger partial charge in [-0.25, -0.2) is 4.98 Å². The standard InChI is InChI=1S/C14H15N3S/c1-10(8-16-2)14-17-13(9-18-14)12-5-3-4-11(6-12)7-15/h3-6,9-10,16H,8H2,1-2H3. The van der Waals surface area contributed by atoms with Crippen molar-refractivity contribution in [3.8, 4) is 17.3 Å². The number of thiazole rings is 1. The summed E-state index contributed by atoms with van der Waals surface area (Å²) in [6.45, 7) is 3.08. The molecule has 1 aromatic carbocycles. The van der Waals surface area contributed by atoms with Crippen molar-refractivity contribution in [3.05, 3.63) is 40.2 Å². The zero-order chi connectivity index (χ0) is 13.0. The van der Waals surface area contributed by atoms with Crippen LogP contribution in [-0.4, -0.2) is 18.6 Å². The molecule has 18 heavy (non-hydrogen) atoms. The van der Waals surface area contributed by atoms with Gasteiger partial charge >= 0.3 is 0 Å². The molecule has 2 aromatic rings. The van der Waals surface area contributed by atoms with Gasteiger partial charge in [-0.15, -0.1) is 11.3 Å². The molecule has 3 nitrogen and oxygen atoms in total. The summed E-state index contributed by atoms with van der Waals surface area (Å²) in [7, 11) is 1.95. The quantitative estimate of drug-likeness (QED) is 0.916. The third-order valence-electron chi connectivity index (χ3n) is 2.74. The first-order chi connectivity index (χ1) is 8.74. The predicted molar refractivity (Wildman–Crippen MR) is 74.6 cm³/mol. The first-order valence-corrected chi connectivity index (χ1v) is 6.73. The number of nitriles is 1. The molecular weight excluding hydrogens is 242 g/mol. The summed E-state index contributed by atoms with van der Waals surface area (Å²) in [5.41, 5.74) is 2.63. The monoisotopic (exact) mass is 257 g/mol. The van der Waals surface area contributed by atoms with Crippen LogP contribution >= 0.6 is 11.3 Å². The second-order valence-corrected chi connectivity index (χ2v) is 5.11. The first kappa shape index (κ1) is 12.7. The molecule has 1 heterocycles. The van der Waals surface area contributed by atoms with Crippen LogP contribution in [0.5, 0.6) is 0 Å². The summed E-state index contributed by atoms with van der Waals surface area (Å²) in [5.74, 6) is 0.410. The molecule has 0 fully saturated rings. The molecule has 1 N–H and O–H groups in total. The Bertz CT molecular complexity index is 568. The van der Waals surface area contributed by atoms with Crippen LogP contribution in [0.4, 0.5) is 0 Å². The number of nitrogens with zero attached hydrogens (tertiary/aromatic N) is 2. The molecule has 0 aliphatic carbocycles. The predicted octanol–water partition coefficient (Wildman–Crippen LogP) is 3.00. The second kappa shape index (κ2) is 5.76. The molecule has 0 aliphatic rings. The molecule has 1 atom stereocenters. The van der Waals surface area contributed by atoms with Crippen molar-refractivity contribution in [1.82, 2.24) is 10.3 Å². The molecule has 0 spiro atoms. The van der Waals surface area contributed by atoms with Crippen LogP contribution in [0.3, 0.4) is 0 Å². The average Bonchev–Trinajstić information content (AvgIpc) is 2.89. The van der Waals surface area contributed by atoms with Crippen LogP contribution in [0.25, 0.3) is 11.3 Å². The number of rotatable bonds is 4. The van der Waals surface area contributed by atoms with Crippen molar-refractivity contribution in [1.29, 1.82) is 5.26 Å². The van der Waals surface area contributed by atoms with E-state index in [1.54, 1.807) is 17.4 Å². The zero-order valence-corrected chi connectivity index (χ0v) is 11.3. The number of aromatic nitrogens is 1. The van der Waals surface area contributed by atoms with Crippen molar-refractivity contribution < 1.29 is 0 Å². The lowest BCUT2D eigenvalue weighted by atomic mass is 10.1. The fraction of sp³-hybridized carbons (Fsp3) is 0.286. The first-order valence-electron chi connectivity index (χ1n) is 5.85. The Labute approximate surface area is 111 Å². The largest absolute Gasteiger partial charge is 0.319 e. The second-order valence-electron chi connectivity index (χ2n) is 4.22. The Morgan fingerprint density at radius 3 is 3.06 bits per heavy atom. The lowest BCUT2D eigenvalue weighted by Crippen LogP contribution is -2.14. The lowest BCUT2D eigenvalue weighted by Gasteiger charge is -2.05. The highest BCUT2D eigenvalue weighted by molar-refractivity contribution is 7.10. The van der Waals surface area contributed by atoms with Gasteiger partial charge in [0, 0.05) is 23.4 Å².